The number of hydrogen-bond donors (Lipinski definition) is 0. The molecule has 1 aliphatic rings. The molecule has 35 heavy (non-hydrogen) atoms. The van der Waals surface area contributed by atoms with Gasteiger partial charge in [0.05, 0.1) is 11.1 Å². The second-order valence-electron chi connectivity index (χ2n) is 8.58. The summed E-state index contributed by atoms with van der Waals surface area (Å²) in [6.07, 6.45) is 3.73. The topological polar surface area (TPSA) is 37.2 Å². The van der Waals surface area contributed by atoms with Crippen LogP contribution in [0.25, 0.3) is 27.8 Å². The summed E-state index contributed by atoms with van der Waals surface area (Å²) in [5, 5.41) is 1.67. The van der Waals surface area contributed by atoms with Crippen molar-refractivity contribution in [3.05, 3.63) is 102 Å². The lowest BCUT2D eigenvalue weighted by molar-refractivity contribution is 0.596. The van der Waals surface area contributed by atoms with Crippen molar-refractivity contribution in [2.75, 3.05) is 36.0 Å². The van der Waals surface area contributed by atoms with Gasteiger partial charge in [0.25, 0.3) is 0 Å². The van der Waals surface area contributed by atoms with Crippen molar-refractivity contribution < 1.29 is 4.39 Å². The van der Waals surface area contributed by atoms with Crippen molar-refractivity contribution >= 4 is 34.1 Å². The lowest BCUT2D eigenvalue weighted by Crippen LogP contribution is -2.47. The molecule has 0 unspecified atom stereocenters. The van der Waals surface area contributed by atoms with Gasteiger partial charge in [-0.25, -0.2) is 14.4 Å². The van der Waals surface area contributed by atoms with Gasteiger partial charge in [-0.05, 0) is 35.9 Å². The minimum Gasteiger partial charge on any atom is -0.366 e. The standard InChI is InChI=1S/C28H23ClFN5/c29-21-9-6-10-22(17-21)35-18-23(20-7-2-1-3-8-20)26-27(31-19-32-28(26)35)34-15-13-33(14-16-34)25-12-5-4-11-24(25)30/h1-12,17-19H,13-16H2. The van der Waals surface area contributed by atoms with Crippen molar-refractivity contribution in [2.45, 2.75) is 0 Å². The summed E-state index contributed by atoms with van der Waals surface area (Å²) in [5.41, 5.74) is 4.58. The van der Waals surface area contributed by atoms with Gasteiger partial charge in [0.2, 0.25) is 0 Å². The molecule has 0 radical (unpaired) electrons. The number of para-hydroxylation sites is 1. The molecule has 0 bridgehead atoms. The van der Waals surface area contributed by atoms with Crippen LogP contribution < -0.4 is 9.80 Å². The minimum atomic E-state index is -0.185. The summed E-state index contributed by atoms with van der Waals surface area (Å²) in [7, 11) is 0. The van der Waals surface area contributed by atoms with E-state index in [4.69, 9.17) is 16.6 Å². The Morgan fingerprint density at radius 1 is 0.771 bits per heavy atom. The first-order valence-electron chi connectivity index (χ1n) is 11.6. The third-order valence-electron chi connectivity index (χ3n) is 6.51. The normalized spacial score (nSPS) is 14.0. The summed E-state index contributed by atoms with van der Waals surface area (Å²) < 4.78 is 16.4. The smallest absolute Gasteiger partial charge is 0.150 e. The maximum Gasteiger partial charge on any atom is 0.150 e. The fourth-order valence-electron chi connectivity index (χ4n) is 4.81. The predicted molar refractivity (Wildman–Crippen MR) is 140 cm³/mol. The van der Waals surface area contributed by atoms with Gasteiger partial charge in [-0.2, -0.15) is 0 Å². The number of hydrogen-bond acceptors (Lipinski definition) is 4. The fraction of sp³-hybridized carbons (Fsp3) is 0.143. The Morgan fingerprint density at radius 2 is 1.51 bits per heavy atom. The highest BCUT2D eigenvalue weighted by Gasteiger charge is 2.25. The number of benzene rings is 3. The Kier molecular flexibility index (Phi) is 5.58. The zero-order valence-electron chi connectivity index (χ0n) is 19.0. The third-order valence-corrected chi connectivity index (χ3v) is 6.74. The number of aromatic nitrogens is 3. The van der Waals surface area contributed by atoms with Crippen molar-refractivity contribution in [1.29, 1.82) is 0 Å². The van der Waals surface area contributed by atoms with E-state index >= 15 is 0 Å². The molecule has 6 rings (SSSR count). The van der Waals surface area contributed by atoms with Crippen LogP contribution in [0.3, 0.4) is 0 Å². The van der Waals surface area contributed by atoms with Crippen molar-refractivity contribution in [2.24, 2.45) is 0 Å². The second-order valence-corrected chi connectivity index (χ2v) is 9.02. The Labute approximate surface area is 208 Å². The molecule has 0 atom stereocenters. The van der Waals surface area contributed by atoms with Crippen LogP contribution in [0.15, 0.2) is 91.4 Å². The highest BCUT2D eigenvalue weighted by Crippen LogP contribution is 2.37. The zero-order chi connectivity index (χ0) is 23.8. The van der Waals surface area contributed by atoms with Crippen LogP contribution in [0.5, 0.6) is 0 Å². The first kappa shape index (κ1) is 21.6. The molecule has 174 valence electrons. The summed E-state index contributed by atoms with van der Waals surface area (Å²) in [5.74, 6) is 0.707. The average molecular weight is 484 g/mol. The number of nitrogens with zero attached hydrogens (tertiary/aromatic N) is 5. The summed E-state index contributed by atoms with van der Waals surface area (Å²) >= 11 is 6.31. The van der Waals surface area contributed by atoms with Gasteiger partial charge < -0.3 is 14.4 Å². The van der Waals surface area contributed by atoms with E-state index < -0.39 is 0 Å². The van der Waals surface area contributed by atoms with E-state index in [9.17, 15) is 4.39 Å². The van der Waals surface area contributed by atoms with E-state index in [2.05, 4.69) is 37.7 Å². The number of rotatable bonds is 4. The summed E-state index contributed by atoms with van der Waals surface area (Å²) in [6, 6.07) is 25.0. The molecule has 1 fully saturated rings. The molecule has 1 aliphatic heterocycles. The second kappa shape index (κ2) is 9.04. The molecule has 0 amide bonds. The van der Waals surface area contributed by atoms with Crippen LogP contribution in [0.2, 0.25) is 5.02 Å². The molecule has 0 N–H and O–H groups in total. The number of halogens is 2. The van der Waals surface area contributed by atoms with E-state index in [0.717, 1.165) is 46.8 Å². The third kappa shape index (κ3) is 4.00. The van der Waals surface area contributed by atoms with Crippen LogP contribution >= 0.6 is 11.6 Å². The van der Waals surface area contributed by atoms with Crippen molar-refractivity contribution in [3.63, 3.8) is 0 Å². The first-order valence-corrected chi connectivity index (χ1v) is 12.0. The molecule has 3 aromatic carbocycles. The molecule has 0 spiro atoms. The minimum absolute atomic E-state index is 0.185. The molecular formula is C28H23ClFN5. The van der Waals surface area contributed by atoms with E-state index in [0.29, 0.717) is 23.8 Å². The molecule has 5 nitrogen and oxygen atoms in total. The van der Waals surface area contributed by atoms with Crippen LogP contribution in [-0.4, -0.2) is 40.7 Å². The van der Waals surface area contributed by atoms with Gasteiger partial charge in [0.1, 0.15) is 18.0 Å². The van der Waals surface area contributed by atoms with Gasteiger partial charge >= 0.3 is 0 Å². The Morgan fingerprint density at radius 3 is 2.29 bits per heavy atom. The molecular weight excluding hydrogens is 461 g/mol. The summed E-state index contributed by atoms with van der Waals surface area (Å²) in [4.78, 5) is 13.8. The van der Waals surface area contributed by atoms with Gasteiger partial charge in [-0.15, -0.1) is 0 Å². The van der Waals surface area contributed by atoms with Gasteiger partial charge in [-0.3, -0.25) is 0 Å². The summed E-state index contributed by atoms with van der Waals surface area (Å²) in [6.45, 7) is 2.89. The quantitative estimate of drug-likeness (QED) is 0.304. The lowest BCUT2D eigenvalue weighted by Gasteiger charge is -2.37. The van der Waals surface area contributed by atoms with Crippen LogP contribution in [0, 0.1) is 5.82 Å². The molecule has 7 heteroatoms. The number of anilines is 2. The predicted octanol–water partition coefficient (Wildman–Crippen LogP) is 6.21. The Hall–Kier alpha value is -3.90. The molecule has 1 saturated heterocycles. The van der Waals surface area contributed by atoms with Crippen LogP contribution in [0.4, 0.5) is 15.9 Å². The molecule has 3 heterocycles. The van der Waals surface area contributed by atoms with Crippen LogP contribution in [0.1, 0.15) is 0 Å². The Balaban J connectivity index is 1.43. The van der Waals surface area contributed by atoms with E-state index in [-0.39, 0.29) is 5.82 Å². The number of fused-ring (bicyclic) bond motifs is 1. The zero-order valence-corrected chi connectivity index (χ0v) is 19.7. The lowest BCUT2D eigenvalue weighted by atomic mass is 10.1. The van der Waals surface area contributed by atoms with Crippen molar-refractivity contribution in [3.8, 4) is 16.8 Å². The molecule has 0 aliphatic carbocycles. The van der Waals surface area contributed by atoms with E-state index in [1.54, 1.807) is 12.4 Å². The monoisotopic (exact) mass is 483 g/mol. The van der Waals surface area contributed by atoms with Gasteiger partial charge in [-0.1, -0.05) is 60.1 Å². The van der Waals surface area contributed by atoms with E-state index in [1.165, 1.54) is 6.07 Å². The average Bonchev–Trinajstić information content (AvgIpc) is 3.30. The highest BCUT2D eigenvalue weighted by molar-refractivity contribution is 6.30. The van der Waals surface area contributed by atoms with Crippen LogP contribution in [-0.2, 0) is 0 Å². The molecule has 0 saturated carbocycles. The van der Waals surface area contributed by atoms with Gasteiger partial charge in [0.15, 0.2) is 5.65 Å². The number of piperazine rings is 1. The van der Waals surface area contributed by atoms with Gasteiger partial charge in [0, 0.05) is 48.6 Å². The molecule has 2 aromatic heterocycles. The first-order chi connectivity index (χ1) is 17.2. The highest BCUT2D eigenvalue weighted by atomic mass is 35.5. The Bertz CT molecular complexity index is 1490. The SMILES string of the molecule is Fc1ccccc1N1CCN(c2ncnc3c2c(-c2ccccc2)cn3-c2cccc(Cl)c2)CC1. The maximum atomic E-state index is 14.3. The van der Waals surface area contributed by atoms with Crippen molar-refractivity contribution in [1.82, 2.24) is 14.5 Å². The largest absolute Gasteiger partial charge is 0.366 e. The maximum absolute atomic E-state index is 14.3. The fourth-order valence-corrected chi connectivity index (χ4v) is 5.00. The molecule has 5 aromatic rings. The van der Waals surface area contributed by atoms with E-state index in [1.807, 2.05) is 54.6 Å².